The summed E-state index contributed by atoms with van der Waals surface area (Å²) in [5.74, 6) is 0.554. The number of nitrogens with one attached hydrogen (secondary N) is 1. The molecule has 3 aliphatic rings. The smallest absolute Gasteiger partial charge is 0.243 e. The molecule has 2 unspecified atom stereocenters. The van der Waals surface area contributed by atoms with Gasteiger partial charge in [-0.25, -0.2) is 9.97 Å². The zero-order chi connectivity index (χ0) is 19.3. The zero-order valence-corrected chi connectivity index (χ0v) is 15.7. The number of aryl methyl sites for hydroxylation is 1. The maximum Gasteiger partial charge on any atom is 0.243 e. The van der Waals surface area contributed by atoms with E-state index in [0.717, 1.165) is 36.2 Å². The van der Waals surface area contributed by atoms with E-state index in [1.807, 2.05) is 24.2 Å². The number of aromatic nitrogens is 4. The molecule has 2 aromatic heterocycles. The molecule has 8 heteroatoms. The van der Waals surface area contributed by atoms with Crippen LogP contribution >= 0.6 is 0 Å². The van der Waals surface area contributed by atoms with E-state index in [4.69, 9.17) is 0 Å². The number of hydrogen-bond donors (Lipinski definition) is 1. The first-order valence-corrected chi connectivity index (χ1v) is 9.62. The number of nitrogens with zero attached hydrogens (tertiary/aromatic N) is 6. The average Bonchev–Trinajstić information content (AvgIpc) is 3.34. The quantitative estimate of drug-likeness (QED) is 0.881. The van der Waals surface area contributed by atoms with Crippen molar-refractivity contribution in [3.8, 4) is 6.07 Å². The molecule has 2 fully saturated rings. The second-order valence-electron chi connectivity index (χ2n) is 7.89. The van der Waals surface area contributed by atoms with Gasteiger partial charge in [0.25, 0.3) is 0 Å². The van der Waals surface area contributed by atoms with Crippen LogP contribution in [0.3, 0.4) is 0 Å². The number of carbonyl (C=O) groups is 1. The maximum atomic E-state index is 12.9. The molecule has 2 bridgehead atoms. The third kappa shape index (κ3) is 2.74. The number of amides is 1. The highest BCUT2D eigenvalue weighted by molar-refractivity contribution is 5.90. The highest BCUT2D eigenvalue weighted by Crippen LogP contribution is 2.50. The van der Waals surface area contributed by atoms with Crippen molar-refractivity contribution in [2.24, 2.45) is 12.5 Å². The minimum Gasteiger partial charge on any atom is -0.332 e. The highest BCUT2D eigenvalue weighted by atomic mass is 16.2. The Morgan fingerprint density at radius 1 is 1.39 bits per heavy atom. The standard InChI is InChI=1S/C20H21N7O/c1-26-11-14(10-23-26)24-19-22-7-4-17(25-19)13-8-15-2-3-16(9-13)27(15)18(28)20(12-21)5-6-20/h4,7-8,10-11,15-16H,2-3,5-6,9H2,1H3,(H,22,24,25). The molecule has 4 heterocycles. The number of fused-ring (bicyclic) bond motifs is 2. The minimum atomic E-state index is -0.748. The van der Waals surface area contributed by atoms with Crippen LogP contribution in [0.5, 0.6) is 0 Å². The Morgan fingerprint density at radius 2 is 2.25 bits per heavy atom. The van der Waals surface area contributed by atoms with E-state index in [1.54, 1.807) is 17.1 Å². The van der Waals surface area contributed by atoms with Crippen molar-refractivity contribution in [1.82, 2.24) is 24.6 Å². The molecule has 5 rings (SSSR count). The third-order valence-corrected chi connectivity index (χ3v) is 5.95. The molecular weight excluding hydrogens is 354 g/mol. The summed E-state index contributed by atoms with van der Waals surface area (Å²) in [5.41, 5.74) is 2.11. The predicted octanol–water partition coefficient (Wildman–Crippen LogP) is 2.40. The van der Waals surface area contributed by atoms with Gasteiger partial charge in [0.05, 0.1) is 29.7 Å². The van der Waals surface area contributed by atoms with E-state index in [2.05, 4.69) is 32.5 Å². The topological polar surface area (TPSA) is 99.7 Å². The third-order valence-electron chi connectivity index (χ3n) is 5.95. The zero-order valence-electron chi connectivity index (χ0n) is 15.7. The summed E-state index contributed by atoms with van der Waals surface area (Å²) in [6.07, 6.45) is 11.6. The van der Waals surface area contributed by atoms with Gasteiger partial charge in [0.1, 0.15) is 5.41 Å². The van der Waals surface area contributed by atoms with E-state index in [1.165, 1.54) is 0 Å². The van der Waals surface area contributed by atoms with Gasteiger partial charge in [-0.2, -0.15) is 10.4 Å². The van der Waals surface area contributed by atoms with E-state index in [-0.39, 0.29) is 18.0 Å². The monoisotopic (exact) mass is 375 g/mol. The van der Waals surface area contributed by atoms with Crippen molar-refractivity contribution in [2.75, 3.05) is 5.32 Å². The molecule has 0 radical (unpaired) electrons. The van der Waals surface area contributed by atoms with Crippen molar-refractivity contribution in [1.29, 1.82) is 5.26 Å². The van der Waals surface area contributed by atoms with Gasteiger partial charge in [0, 0.05) is 25.5 Å². The van der Waals surface area contributed by atoms with Crippen LogP contribution in [0.2, 0.25) is 0 Å². The Labute approximate surface area is 162 Å². The molecule has 1 saturated heterocycles. The molecule has 1 saturated carbocycles. The Bertz CT molecular complexity index is 1010. The summed E-state index contributed by atoms with van der Waals surface area (Å²) >= 11 is 0. The van der Waals surface area contributed by atoms with Gasteiger partial charge in [-0.1, -0.05) is 6.08 Å². The van der Waals surface area contributed by atoms with E-state index in [9.17, 15) is 10.1 Å². The van der Waals surface area contributed by atoms with Crippen LogP contribution in [0.1, 0.15) is 37.8 Å². The molecule has 142 valence electrons. The fraction of sp³-hybridized carbons (Fsp3) is 0.450. The van der Waals surface area contributed by atoms with Crippen molar-refractivity contribution in [2.45, 2.75) is 44.2 Å². The number of rotatable bonds is 4. The van der Waals surface area contributed by atoms with Crippen LogP contribution in [-0.2, 0) is 11.8 Å². The van der Waals surface area contributed by atoms with Gasteiger partial charge in [-0.15, -0.1) is 0 Å². The fourth-order valence-corrected chi connectivity index (χ4v) is 4.29. The molecule has 1 amide bonds. The summed E-state index contributed by atoms with van der Waals surface area (Å²) in [7, 11) is 1.86. The van der Waals surface area contributed by atoms with Gasteiger partial charge in [-0.05, 0) is 43.7 Å². The van der Waals surface area contributed by atoms with Crippen LogP contribution in [0.4, 0.5) is 11.6 Å². The van der Waals surface area contributed by atoms with Crippen LogP contribution in [0.15, 0.2) is 30.7 Å². The molecule has 2 aliphatic heterocycles. The van der Waals surface area contributed by atoms with Crippen molar-refractivity contribution < 1.29 is 4.79 Å². The fourth-order valence-electron chi connectivity index (χ4n) is 4.29. The first kappa shape index (κ1) is 16.9. The number of anilines is 2. The summed E-state index contributed by atoms with van der Waals surface area (Å²) < 4.78 is 1.72. The summed E-state index contributed by atoms with van der Waals surface area (Å²) in [6.45, 7) is 0. The largest absolute Gasteiger partial charge is 0.332 e. The van der Waals surface area contributed by atoms with Crippen LogP contribution in [-0.4, -0.2) is 42.6 Å². The summed E-state index contributed by atoms with van der Waals surface area (Å²) in [5, 5.41) is 16.7. The van der Waals surface area contributed by atoms with E-state index in [0.29, 0.717) is 18.8 Å². The predicted molar refractivity (Wildman–Crippen MR) is 102 cm³/mol. The van der Waals surface area contributed by atoms with E-state index < -0.39 is 5.41 Å². The van der Waals surface area contributed by atoms with Gasteiger partial charge in [0.15, 0.2) is 0 Å². The molecule has 1 aliphatic carbocycles. The van der Waals surface area contributed by atoms with Crippen molar-refractivity contribution in [3.63, 3.8) is 0 Å². The van der Waals surface area contributed by atoms with E-state index >= 15 is 0 Å². The second-order valence-corrected chi connectivity index (χ2v) is 7.89. The molecule has 0 spiro atoms. The number of hydrogen-bond acceptors (Lipinski definition) is 6. The molecule has 2 atom stereocenters. The first-order chi connectivity index (χ1) is 13.6. The Kier molecular flexibility index (Phi) is 3.72. The SMILES string of the molecule is Cn1cc(Nc2nccc(C3=CC4CCC(C3)N4C(=O)C3(C#N)CC3)n2)cn1. The lowest BCUT2D eigenvalue weighted by atomic mass is 9.96. The van der Waals surface area contributed by atoms with Crippen LogP contribution in [0, 0.1) is 16.7 Å². The summed E-state index contributed by atoms with van der Waals surface area (Å²) in [6, 6.07) is 4.38. The lowest BCUT2D eigenvalue weighted by Crippen LogP contribution is -2.46. The first-order valence-electron chi connectivity index (χ1n) is 9.62. The maximum absolute atomic E-state index is 12.9. The van der Waals surface area contributed by atoms with Gasteiger partial charge in [0.2, 0.25) is 11.9 Å². The molecule has 0 aromatic carbocycles. The molecule has 8 nitrogen and oxygen atoms in total. The second kappa shape index (κ2) is 6.16. The number of carbonyl (C=O) groups excluding carboxylic acids is 1. The van der Waals surface area contributed by atoms with Crippen molar-refractivity contribution >= 4 is 23.1 Å². The van der Waals surface area contributed by atoms with Gasteiger partial charge < -0.3 is 10.2 Å². The lowest BCUT2D eigenvalue weighted by molar-refractivity contribution is -0.137. The van der Waals surface area contributed by atoms with Gasteiger partial charge >= 0.3 is 0 Å². The van der Waals surface area contributed by atoms with Crippen LogP contribution in [0.25, 0.3) is 5.57 Å². The Balaban J connectivity index is 1.38. The highest BCUT2D eigenvalue weighted by Gasteiger charge is 2.56. The molecule has 2 aromatic rings. The van der Waals surface area contributed by atoms with Gasteiger partial charge in [-0.3, -0.25) is 9.48 Å². The normalized spacial score (nSPS) is 24.4. The van der Waals surface area contributed by atoms with Crippen molar-refractivity contribution in [3.05, 3.63) is 36.4 Å². The minimum absolute atomic E-state index is 0.0272. The summed E-state index contributed by atoms with van der Waals surface area (Å²) in [4.78, 5) is 23.8. The Hall–Kier alpha value is -3.21. The molecule has 28 heavy (non-hydrogen) atoms. The average molecular weight is 375 g/mol. The number of nitriles is 1. The van der Waals surface area contributed by atoms with Crippen LogP contribution < -0.4 is 5.32 Å². The molecule has 1 N–H and O–H groups in total. The lowest BCUT2D eigenvalue weighted by Gasteiger charge is -2.35. The molecular formula is C20H21N7O. The Morgan fingerprint density at radius 3 is 2.93 bits per heavy atom.